The van der Waals surface area contributed by atoms with Gasteiger partial charge in [-0.3, -0.25) is 9.59 Å². The van der Waals surface area contributed by atoms with E-state index in [1.54, 1.807) is 4.90 Å². The molecule has 1 atom stereocenters. The van der Waals surface area contributed by atoms with Crippen molar-refractivity contribution in [1.29, 1.82) is 0 Å². The molecule has 146 valence electrons. The summed E-state index contributed by atoms with van der Waals surface area (Å²) in [4.78, 5) is 27.0. The van der Waals surface area contributed by atoms with E-state index in [0.717, 1.165) is 45.1 Å². The first-order chi connectivity index (χ1) is 13.1. The lowest BCUT2D eigenvalue weighted by molar-refractivity contribution is -0.129. The van der Waals surface area contributed by atoms with Crippen LogP contribution in [0.4, 0.5) is 0 Å². The van der Waals surface area contributed by atoms with E-state index in [-0.39, 0.29) is 23.8 Å². The van der Waals surface area contributed by atoms with E-state index in [4.69, 9.17) is 9.47 Å². The van der Waals surface area contributed by atoms with E-state index < -0.39 is 5.60 Å². The molecule has 1 aromatic carbocycles. The summed E-state index contributed by atoms with van der Waals surface area (Å²) in [6.07, 6.45) is 5.12. The number of rotatable bonds is 2. The molecular formula is C21H28N2O4. The summed E-state index contributed by atoms with van der Waals surface area (Å²) in [7, 11) is 1.83. The lowest BCUT2D eigenvalue weighted by Crippen LogP contribution is -2.51. The summed E-state index contributed by atoms with van der Waals surface area (Å²) < 4.78 is 11.8. The predicted octanol–water partition coefficient (Wildman–Crippen LogP) is 2.38. The number of likely N-dealkylation sites (N-methyl/N-ethyl adjacent to an activating group) is 1. The van der Waals surface area contributed by atoms with E-state index in [9.17, 15) is 9.59 Å². The zero-order valence-electron chi connectivity index (χ0n) is 15.9. The maximum absolute atomic E-state index is 12.6. The van der Waals surface area contributed by atoms with E-state index >= 15 is 0 Å². The van der Waals surface area contributed by atoms with Gasteiger partial charge in [0.05, 0.1) is 24.8 Å². The van der Waals surface area contributed by atoms with E-state index in [1.807, 2.05) is 31.3 Å². The number of nitrogens with zero attached hydrogens (tertiary/aromatic N) is 1. The second-order valence-electron chi connectivity index (χ2n) is 8.14. The molecule has 2 amide bonds. The molecule has 3 aliphatic rings. The van der Waals surface area contributed by atoms with Crippen LogP contribution >= 0.6 is 0 Å². The molecule has 1 N–H and O–H groups in total. The minimum atomic E-state index is -0.401. The number of fused-ring (bicyclic) bond motifs is 1. The Bertz CT molecular complexity index is 706. The molecule has 0 radical (unpaired) electrons. The molecule has 4 rings (SSSR count). The van der Waals surface area contributed by atoms with Gasteiger partial charge in [0.25, 0.3) is 5.91 Å². The standard InChI is InChI=1S/C21H28N2O4/c1-23-14-21(27-18-7-3-2-6-17(18)20(23)25)10-8-15(9-11-21)19(24)22-16-5-4-12-26-13-16/h2-3,6-7,15-16H,4-5,8-14H2,1H3,(H,22,24)/t15?,16-,21?/m0/s1. The fourth-order valence-electron chi connectivity index (χ4n) is 4.55. The maximum Gasteiger partial charge on any atom is 0.257 e. The maximum atomic E-state index is 12.6. The highest BCUT2D eigenvalue weighted by atomic mass is 16.5. The van der Waals surface area contributed by atoms with Crippen LogP contribution in [-0.4, -0.2) is 55.2 Å². The number of ether oxygens (including phenoxy) is 2. The van der Waals surface area contributed by atoms with Gasteiger partial charge in [-0.1, -0.05) is 12.1 Å². The minimum Gasteiger partial charge on any atom is -0.485 e. The lowest BCUT2D eigenvalue weighted by Gasteiger charge is -2.40. The topological polar surface area (TPSA) is 67.9 Å². The van der Waals surface area contributed by atoms with Crippen molar-refractivity contribution in [3.8, 4) is 5.75 Å². The Morgan fingerprint density at radius 3 is 2.74 bits per heavy atom. The Balaban J connectivity index is 1.41. The van der Waals surface area contributed by atoms with Crippen molar-refractivity contribution in [1.82, 2.24) is 10.2 Å². The van der Waals surface area contributed by atoms with Gasteiger partial charge in [0.2, 0.25) is 5.91 Å². The first kappa shape index (κ1) is 18.3. The van der Waals surface area contributed by atoms with Crippen molar-refractivity contribution in [2.45, 2.75) is 50.2 Å². The molecule has 2 heterocycles. The number of hydrogen-bond acceptors (Lipinski definition) is 4. The quantitative estimate of drug-likeness (QED) is 0.865. The zero-order valence-corrected chi connectivity index (χ0v) is 15.9. The normalized spacial score (nSPS) is 31.0. The average molecular weight is 372 g/mol. The Kier molecular flexibility index (Phi) is 5.08. The van der Waals surface area contributed by atoms with E-state index in [2.05, 4.69) is 5.32 Å². The molecule has 2 aliphatic heterocycles. The van der Waals surface area contributed by atoms with Crippen molar-refractivity contribution in [3.05, 3.63) is 29.8 Å². The molecule has 0 aromatic heterocycles. The number of carbonyl (C=O) groups is 2. The molecule has 6 nitrogen and oxygen atoms in total. The van der Waals surface area contributed by atoms with Crippen LogP contribution in [0.25, 0.3) is 0 Å². The third-order valence-corrected chi connectivity index (χ3v) is 6.09. The molecule has 0 unspecified atom stereocenters. The van der Waals surface area contributed by atoms with Crippen molar-refractivity contribution >= 4 is 11.8 Å². The molecule has 1 aliphatic carbocycles. The van der Waals surface area contributed by atoms with E-state index in [0.29, 0.717) is 24.5 Å². The van der Waals surface area contributed by atoms with Gasteiger partial charge in [-0.05, 0) is 50.7 Å². The van der Waals surface area contributed by atoms with Crippen LogP contribution in [0.15, 0.2) is 24.3 Å². The van der Waals surface area contributed by atoms with Crippen LogP contribution in [0, 0.1) is 5.92 Å². The molecular weight excluding hydrogens is 344 g/mol. The first-order valence-corrected chi connectivity index (χ1v) is 9.98. The van der Waals surface area contributed by atoms with Crippen LogP contribution in [0.1, 0.15) is 48.9 Å². The Morgan fingerprint density at radius 1 is 1.22 bits per heavy atom. The molecule has 27 heavy (non-hydrogen) atoms. The van der Waals surface area contributed by atoms with Crippen LogP contribution in [0.3, 0.4) is 0 Å². The Labute approximate surface area is 160 Å². The van der Waals surface area contributed by atoms with Crippen LogP contribution in [0.5, 0.6) is 5.75 Å². The second-order valence-corrected chi connectivity index (χ2v) is 8.14. The smallest absolute Gasteiger partial charge is 0.257 e. The fraction of sp³-hybridized carbons (Fsp3) is 0.619. The van der Waals surface area contributed by atoms with Gasteiger partial charge in [-0.25, -0.2) is 0 Å². The summed E-state index contributed by atoms with van der Waals surface area (Å²) in [5, 5.41) is 3.15. The van der Waals surface area contributed by atoms with Crippen molar-refractivity contribution < 1.29 is 19.1 Å². The van der Waals surface area contributed by atoms with Gasteiger partial charge in [0.15, 0.2) is 0 Å². The van der Waals surface area contributed by atoms with Crippen LogP contribution < -0.4 is 10.1 Å². The Morgan fingerprint density at radius 2 is 2.00 bits per heavy atom. The summed E-state index contributed by atoms with van der Waals surface area (Å²) in [5.74, 6) is 0.813. The summed E-state index contributed by atoms with van der Waals surface area (Å²) in [5.41, 5.74) is 0.218. The SMILES string of the molecule is CN1CC2(CCC(C(=O)N[C@H]3CCCOC3)CC2)Oc2ccccc2C1=O. The van der Waals surface area contributed by atoms with Gasteiger partial charge >= 0.3 is 0 Å². The molecule has 1 saturated heterocycles. The first-order valence-electron chi connectivity index (χ1n) is 9.98. The van der Waals surface area contributed by atoms with Crippen molar-refractivity contribution in [2.24, 2.45) is 5.92 Å². The lowest BCUT2D eigenvalue weighted by atomic mass is 9.77. The molecule has 0 bridgehead atoms. The molecule has 6 heteroatoms. The van der Waals surface area contributed by atoms with Gasteiger partial charge in [-0.15, -0.1) is 0 Å². The number of para-hydroxylation sites is 1. The molecule has 2 fully saturated rings. The fourth-order valence-corrected chi connectivity index (χ4v) is 4.55. The molecule has 1 spiro atoms. The van der Waals surface area contributed by atoms with E-state index in [1.165, 1.54) is 0 Å². The largest absolute Gasteiger partial charge is 0.485 e. The van der Waals surface area contributed by atoms with Crippen molar-refractivity contribution in [2.75, 3.05) is 26.8 Å². The molecule has 1 aromatic rings. The number of carbonyl (C=O) groups excluding carboxylic acids is 2. The summed E-state index contributed by atoms with van der Waals surface area (Å²) >= 11 is 0. The third kappa shape index (κ3) is 3.81. The highest BCUT2D eigenvalue weighted by molar-refractivity contribution is 5.97. The number of benzene rings is 1. The van der Waals surface area contributed by atoms with Gasteiger partial charge in [-0.2, -0.15) is 0 Å². The zero-order chi connectivity index (χ0) is 18.9. The van der Waals surface area contributed by atoms with Crippen molar-refractivity contribution in [3.63, 3.8) is 0 Å². The third-order valence-electron chi connectivity index (χ3n) is 6.09. The van der Waals surface area contributed by atoms with Crippen LogP contribution in [-0.2, 0) is 9.53 Å². The summed E-state index contributed by atoms with van der Waals surface area (Å²) in [6.45, 7) is 1.98. The average Bonchev–Trinajstić information content (AvgIpc) is 2.78. The number of amides is 2. The minimum absolute atomic E-state index is 0.000333. The van der Waals surface area contributed by atoms with Gasteiger partial charge in [0.1, 0.15) is 11.4 Å². The Hall–Kier alpha value is -2.08. The second kappa shape index (κ2) is 7.50. The number of nitrogens with one attached hydrogen (secondary N) is 1. The van der Waals surface area contributed by atoms with Gasteiger partial charge < -0.3 is 19.7 Å². The predicted molar refractivity (Wildman–Crippen MR) is 101 cm³/mol. The van der Waals surface area contributed by atoms with Crippen LogP contribution in [0.2, 0.25) is 0 Å². The molecule has 1 saturated carbocycles. The summed E-state index contributed by atoms with van der Waals surface area (Å²) in [6, 6.07) is 7.60. The highest BCUT2D eigenvalue weighted by Gasteiger charge is 2.43. The monoisotopic (exact) mass is 372 g/mol. The number of hydrogen-bond donors (Lipinski definition) is 1. The highest BCUT2D eigenvalue weighted by Crippen LogP contribution is 2.39. The van der Waals surface area contributed by atoms with Gasteiger partial charge in [0, 0.05) is 19.6 Å².